The van der Waals surface area contributed by atoms with Crippen LogP contribution in [-0.4, -0.2) is 44.7 Å². The van der Waals surface area contributed by atoms with Crippen LogP contribution in [0, 0.1) is 0 Å². The number of nitrogens with one attached hydrogen (secondary N) is 2. The predicted molar refractivity (Wildman–Crippen MR) is 94.8 cm³/mol. The molecule has 1 saturated heterocycles. The van der Waals surface area contributed by atoms with Gasteiger partial charge in [-0.1, -0.05) is 12.1 Å². The quantitative estimate of drug-likeness (QED) is 0.532. The second kappa shape index (κ2) is 10.4. The van der Waals surface area contributed by atoms with Crippen LogP contribution in [0.2, 0.25) is 0 Å². The van der Waals surface area contributed by atoms with E-state index in [2.05, 4.69) is 10.6 Å². The van der Waals surface area contributed by atoms with Gasteiger partial charge in [0, 0.05) is 26.3 Å². The van der Waals surface area contributed by atoms with Crippen molar-refractivity contribution in [2.45, 2.75) is 31.9 Å². The van der Waals surface area contributed by atoms with Gasteiger partial charge >= 0.3 is 0 Å². The van der Waals surface area contributed by atoms with Gasteiger partial charge < -0.3 is 24.8 Å². The first-order chi connectivity index (χ1) is 11.3. The van der Waals surface area contributed by atoms with E-state index in [4.69, 9.17) is 26.4 Å². The maximum atomic E-state index is 5.61. The fraction of sp³-hybridized carbons (Fsp3) is 0.588. The molecule has 0 amide bonds. The predicted octanol–water partition coefficient (Wildman–Crippen LogP) is 2.24. The molecule has 0 saturated carbocycles. The van der Waals surface area contributed by atoms with Gasteiger partial charge in [-0.3, -0.25) is 0 Å². The van der Waals surface area contributed by atoms with E-state index < -0.39 is 0 Å². The third-order valence-corrected chi connectivity index (χ3v) is 3.98. The van der Waals surface area contributed by atoms with Crippen molar-refractivity contribution in [2.24, 2.45) is 0 Å². The lowest BCUT2D eigenvalue weighted by Gasteiger charge is -2.12. The van der Waals surface area contributed by atoms with Crippen molar-refractivity contribution >= 4 is 17.3 Å². The fourth-order valence-corrected chi connectivity index (χ4v) is 2.53. The largest absolute Gasteiger partial charge is 0.497 e. The number of rotatable bonds is 9. The molecular weight excluding hydrogens is 312 g/mol. The lowest BCUT2D eigenvalue weighted by molar-refractivity contribution is 0.0168. The summed E-state index contributed by atoms with van der Waals surface area (Å²) in [6.07, 6.45) is 3.51. The van der Waals surface area contributed by atoms with Crippen molar-refractivity contribution in [2.75, 3.05) is 33.5 Å². The van der Waals surface area contributed by atoms with E-state index in [1.54, 1.807) is 7.11 Å². The van der Waals surface area contributed by atoms with Crippen LogP contribution in [-0.2, 0) is 16.0 Å². The van der Waals surface area contributed by atoms with Crippen LogP contribution in [0.4, 0.5) is 0 Å². The minimum atomic E-state index is 0.301. The molecule has 0 aliphatic carbocycles. The Morgan fingerprint density at radius 2 is 2.13 bits per heavy atom. The maximum Gasteiger partial charge on any atom is 0.166 e. The first-order valence-electron chi connectivity index (χ1n) is 8.12. The highest BCUT2D eigenvalue weighted by Crippen LogP contribution is 2.12. The van der Waals surface area contributed by atoms with Crippen molar-refractivity contribution in [3.05, 3.63) is 29.8 Å². The Labute approximate surface area is 143 Å². The molecule has 23 heavy (non-hydrogen) atoms. The summed E-state index contributed by atoms with van der Waals surface area (Å²) in [5, 5.41) is 7.05. The van der Waals surface area contributed by atoms with Crippen molar-refractivity contribution in [1.29, 1.82) is 0 Å². The van der Waals surface area contributed by atoms with E-state index in [0.29, 0.717) is 24.4 Å². The fourth-order valence-electron chi connectivity index (χ4n) is 2.35. The molecule has 1 heterocycles. The van der Waals surface area contributed by atoms with Gasteiger partial charge in [-0.05, 0) is 49.2 Å². The Morgan fingerprint density at radius 3 is 2.83 bits per heavy atom. The summed E-state index contributed by atoms with van der Waals surface area (Å²) < 4.78 is 16.3. The molecule has 0 aromatic heterocycles. The lowest BCUT2D eigenvalue weighted by Crippen LogP contribution is -2.35. The van der Waals surface area contributed by atoms with Gasteiger partial charge in [0.15, 0.2) is 5.11 Å². The number of benzene rings is 1. The van der Waals surface area contributed by atoms with Gasteiger partial charge in [-0.15, -0.1) is 0 Å². The van der Waals surface area contributed by atoms with Crippen molar-refractivity contribution in [3.8, 4) is 5.75 Å². The zero-order valence-electron chi connectivity index (χ0n) is 13.7. The first-order valence-corrected chi connectivity index (χ1v) is 8.52. The van der Waals surface area contributed by atoms with E-state index in [0.717, 1.165) is 50.3 Å². The molecule has 0 radical (unpaired) electrons. The second-order valence-electron chi connectivity index (χ2n) is 5.52. The normalized spacial score (nSPS) is 17.0. The molecule has 128 valence electrons. The average Bonchev–Trinajstić information content (AvgIpc) is 3.10. The average molecular weight is 338 g/mol. The summed E-state index contributed by atoms with van der Waals surface area (Å²) in [5.74, 6) is 0.859. The molecule has 1 aliphatic rings. The zero-order valence-corrected chi connectivity index (χ0v) is 14.5. The standard InChI is InChI=1S/C17H26N2O3S/c1-20-15-7-5-14(6-8-15)12-19-17(23)18-9-3-10-21-13-16-4-2-11-22-16/h5-8,16H,2-4,9-13H2,1H3,(H2,18,19,23)/t16-/m1/s1. The number of methoxy groups -OCH3 is 1. The summed E-state index contributed by atoms with van der Waals surface area (Å²) in [4.78, 5) is 0. The third-order valence-electron chi connectivity index (χ3n) is 3.69. The number of ether oxygens (including phenoxy) is 3. The van der Waals surface area contributed by atoms with Crippen LogP contribution < -0.4 is 15.4 Å². The topological polar surface area (TPSA) is 51.8 Å². The van der Waals surface area contributed by atoms with Crippen LogP contribution in [0.5, 0.6) is 5.75 Å². The molecule has 0 spiro atoms. The highest BCUT2D eigenvalue weighted by Gasteiger charge is 2.14. The number of hydrogen-bond acceptors (Lipinski definition) is 4. The molecule has 0 bridgehead atoms. The van der Waals surface area contributed by atoms with Crippen molar-refractivity contribution in [3.63, 3.8) is 0 Å². The van der Waals surface area contributed by atoms with Crippen LogP contribution >= 0.6 is 12.2 Å². The van der Waals surface area contributed by atoms with Gasteiger partial charge in [0.05, 0.1) is 19.8 Å². The van der Waals surface area contributed by atoms with E-state index in [9.17, 15) is 0 Å². The molecule has 2 N–H and O–H groups in total. The molecular formula is C17H26N2O3S. The zero-order chi connectivity index (χ0) is 16.3. The highest BCUT2D eigenvalue weighted by atomic mass is 32.1. The Balaban J connectivity index is 1.47. The molecule has 2 rings (SSSR count). The molecule has 1 fully saturated rings. The minimum Gasteiger partial charge on any atom is -0.497 e. The van der Waals surface area contributed by atoms with E-state index in [1.807, 2.05) is 24.3 Å². The summed E-state index contributed by atoms with van der Waals surface area (Å²) in [6, 6.07) is 7.93. The molecule has 1 aromatic carbocycles. The number of thiocarbonyl (C=S) groups is 1. The van der Waals surface area contributed by atoms with E-state index in [1.165, 1.54) is 0 Å². The Hall–Kier alpha value is -1.37. The first kappa shape index (κ1) is 18.0. The number of hydrogen-bond donors (Lipinski definition) is 2. The summed E-state index contributed by atoms with van der Waals surface area (Å²) in [6.45, 7) is 3.82. The van der Waals surface area contributed by atoms with E-state index >= 15 is 0 Å². The maximum absolute atomic E-state index is 5.61. The van der Waals surface area contributed by atoms with Gasteiger partial charge in [-0.25, -0.2) is 0 Å². The van der Waals surface area contributed by atoms with Gasteiger partial charge in [-0.2, -0.15) is 0 Å². The summed E-state index contributed by atoms with van der Waals surface area (Å²) in [5.41, 5.74) is 1.16. The van der Waals surface area contributed by atoms with Gasteiger partial charge in [0.2, 0.25) is 0 Å². The van der Waals surface area contributed by atoms with Crippen LogP contribution in [0.15, 0.2) is 24.3 Å². The summed E-state index contributed by atoms with van der Waals surface area (Å²) in [7, 11) is 1.66. The Bertz CT molecular complexity index is 461. The molecule has 5 nitrogen and oxygen atoms in total. The SMILES string of the molecule is COc1ccc(CNC(=S)NCCCOC[C@H]2CCCO2)cc1. The van der Waals surface area contributed by atoms with Crippen LogP contribution in [0.1, 0.15) is 24.8 Å². The molecule has 6 heteroatoms. The monoisotopic (exact) mass is 338 g/mol. The van der Waals surface area contributed by atoms with E-state index in [-0.39, 0.29) is 0 Å². The second-order valence-corrected chi connectivity index (χ2v) is 5.93. The Kier molecular flexibility index (Phi) is 8.14. The van der Waals surface area contributed by atoms with Gasteiger partial charge in [0.1, 0.15) is 5.75 Å². The molecule has 1 aliphatic heterocycles. The molecule has 1 aromatic rings. The third kappa shape index (κ3) is 7.16. The minimum absolute atomic E-state index is 0.301. The summed E-state index contributed by atoms with van der Waals surface area (Å²) >= 11 is 5.26. The Morgan fingerprint density at radius 1 is 1.30 bits per heavy atom. The smallest absolute Gasteiger partial charge is 0.166 e. The van der Waals surface area contributed by atoms with Crippen molar-refractivity contribution < 1.29 is 14.2 Å². The van der Waals surface area contributed by atoms with Gasteiger partial charge in [0.25, 0.3) is 0 Å². The molecule has 0 unspecified atom stereocenters. The van der Waals surface area contributed by atoms with Crippen LogP contribution in [0.3, 0.4) is 0 Å². The molecule has 1 atom stereocenters. The lowest BCUT2D eigenvalue weighted by atomic mass is 10.2. The van der Waals surface area contributed by atoms with Crippen molar-refractivity contribution in [1.82, 2.24) is 10.6 Å². The van der Waals surface area contributed by atoms with Crippen LogP contribution in [0.25, 0.3) is 0 Å². The highest BCUT2D eigenvalue weighted by molar-refractivity contribution is 7.80.